The molecule has 1 N–H and O–H groups in total. The lowest BCUT2D eigenvalue weighted by atomic mass is 9.90. The van der Waals surface area contributed by atoms with E-state index in [9.17, 15) is 4.79 Å². The van der Waals surface area contributed by atoms with Crippen LogP contribution in [0.2, 0.25) is 0 Å². The van der Waals surface area contributed by atoms with Gasteiger partial charge in [0.1, 0.15) is 17.8 Å². The van der Waals surface area contributed by atoms with Crippen LogP contribution in [0.5, 0.6) is 11.5 Å². The first kappa shape index (κ1) is 30.0. The zero-order valence-electron chi connectivity index (χ0n) is 24.6. The minimum absolute atomic E-state index is 0.396. The molecule has 0 fully saturated rings. The van der Waals surface area contributed by atoms with Gasteiger partial charge in [-0.2, -0.15) is 0 Å². The van der Waals surface area contributed by atoms with Gasteiger partial charge in [0.05, 0.1) is 14.2 Å². The van der Waals surface area contributed by atoms with Gasteiger partial charge in [0, 0.05) is 60.0 Å². The molecule has 1 aromatic heterocycles. The van der Waals surface area contributed by atoms with Crippen molar-refractivity contribution in [3.8, 4) is 22.6 Å². The molecule has 0 saturated heterocycles. The molecule has 1 heterocycles. The van der Waals surface area contributed by atoms with Crippen LogP contribution in [0.3, 0.4) is 0 Å². The number of aromatic nitrogens is 1. The number of nitrogens with one attached hydrogen (secondary N) is 1. The van der Waals surface area contributed by atoms with E-state index in [0.29, 0.717) is 25.1 Å². The summed E-state index contributed by atoms with van der Waals surface area (Å²) in [7, 11) is 7.38. The van der Waals surface area contributed by atoms with Crippen molar-refractivity contribution in [2.24, 2.45) is 0 Å². The Hall–Kier alpha value is -3.55. The van der Waals surface area contributed by atoms with Gasteiger partial charge in [0.25, 0.3) is 0 Å². The van der Waals surface area contributed by atoms with Gasteiger partial charge in [-0.1, -0.05) is 6.07 Å². The van der Waals surface area contributed by atoms with Crippen molar-refractivity contribution < 1.29 is 14.3 Å². The van der Waals surface area contributed by atoms with E-state index in [1.807, 2.05) is 65.1 Å². The molecule has 0 atom stereocenters. The maximum atomic E-state index is 12.4. The molecule has 3 rings (SSSR count). The first-order valence-corrected chi connectivity index (χ1v) is 13.2. The standard InChI is InChI=1S/C32H42N4O3/c1-22-9-10-29(23(2)34-22)31-16-24(19-36(6)32(3,4)21-33)13-26(20-37)30(31)11-12-35(5)18-25-14-27(38-7)17-28(15-25)39-8/h9-10,13-17,20-21,33H,11-12,18-19H2,1-8H3. The molecule has 7 nitrogen and oxygen atoms in total. The van der Waals surface area contributed by atoms with Gasteiger partial charge in [-0.05, 0) is 101 Å². The molecule has 208 valence electrons. The number of methoxy groups -OCH3 is 2. The SMILES string of the molecule is COc1cc(CN(C)CCc2c(C=O)cc(CN(C)C(C)(C)C=N)cc2-c2ccc(C)nc2C)cc(OC)c1. The summed E-state index contributed by atoms with van der Waals surface area (Å²) < 4.78 is 10.9. The Labute approximate surface area is 233 Å². The Morgan fingerprint density at radius 1 is 0.923 bits per heavy atom. The highest BCUT2D eigenvalue weighted by Gasteiger charge is 2.22. The van der Waals surface area contributed by atoms with Crippen LogP contribution in [-0.4, -0.2) is 67.7 Å². The topological polar surface area (TPSA) is 78.8 Å². The summed E-state index contributed by atoms with van der Waals surface area (Å²) in [5, 5.41) is 7.81. The normalized spacial score (nSPS) is 11.6. The van der Waals surface area contributed by atoms with Crippen LogP contribution in [0.25, 0.3) is 11.1 Å². The van der Waals surface area contributed by atoms with E-state index >= 15 is 0 Å². The number of rotatable bonds is 13. The maximum absolute atomic E-state index is 12.4. The second-order valence-corrected chi connectivity index (χ2v) is 10.8. The summed E-state index contributed by atoms with van der Waals surface area (Å²) in [6.45, 7) is 10.1. The monoisotopic (exact) mass is 530 g/mol. The van der Waals surface area contributed by atoms with Crippen molar-refractivity contribution in [1.82, 2.24) is 14.8 Å². The number of carbonyl (C=O) groups is 1. The minimum Gasteiger partial charge on any atom is -0.497 e. The largest absolute Gasteiger partial charge is 0.497 e. The molecular weight excluding hydrogens is 488 g/mol. The minimum atomic E-state index is -0.396. The number of likely N-dealkylation sites (N-methyl/N-ethyl adjacent to an activating group) is 1. The Balaban J connectivity index is 1.96. The molecule has 0 bridgehead atoms. The molecule has 2 aromatic carbocycles. The smallest absolute Gasteiger partial charge is 0.150 e. The highest BCUT2D eigenvalue weighted by Crippen LogP contribution is 2.32. The van der Waals surface area contributed by atoms with E-state index in [1.165, 1.54) is 6.21 Å². The van der Waals surface area contributed by atoms with E-state index in [4.69, 9.17) is 19.9 Å². The first-order chi connectivity index (χ1) is 18.5. The fraction of sp³-hybridized carbons (Fsp3) is 0.406. The molecule has 0 aliphatic carbocycles. The lowest BCUT2D eigenvalue weighted by molar-refractivity contribution is 0.112. The predicted molar refractivity (Wildman–Crippen MR) is 158 cm³/mol. The lowest BCUT2D eigenvalue weighted by Crippen LogP contribution is -2.41. The number of hydrogen-bond donors (Lipinski definition) is 1. The molecule has 7 heteroatoms. The molecule has 0 amide bonds. The zero-order chi connectivity index (χ0) is 28.7. The third-order valence-electron chi connectivity index (χ3n) is 7.35. The Bertz CT molecular complexity index is 1300. The molecule has 0 unspecified atom stereocenters. The molecule has 0 aliphatic rings. The van der Waals surface area contributed by atoms with Crippen molar-refractivity contribution in [1.29, 1.82) is 5.41 Å². The van der Waals surface area contributed by atoms with Crippen LogP contribution in [-0.2, 0) is 19.5 Å². The zero-order valence-corrected chi connectivity index (χ0v) is 24.6. The Morgan fingerprint density at radius 3 is 2.13 bits per heavy atom. The second kappa shape index (κ2) is 13.0. The summed E-state index contributed by atoms with van der Waals surface area (Å²) in [6.07, 6.45) is 3.12. The summed E-state index contributed by atoms with van der Waals surface area (Å²) in [5.74, 6) is 1.52. The van der Waals surface area contributed by atoms with Crippen LogP contribution < -0.4 is 9.47 Å². The van der Waals surface area contributed by atoms with Crippen LogP contribution in [0.1, 0.15) is 52.3 Å². The number of hydrogen-bond acceptors (Lipinski definition) is 7. The number of pyridine rings is 1. The van der Waals surface area contributed by atoms with Gasteiger partial charge in [0.2, 0.25) is 0 Å². The average Bonchev–Trinajstić information content (AvgIpc) is 2.91. The maximum Gasteiger partial charge on any atom is 0.150 e. The summed E-state index contributed by atoms with van der Waals surface area (Å²) in [5.41, 5.74) is 7.42. The average molecular weight is 531 g/mol. The van der Waals surface area contributed by atoms with E-state index in [2.05, 4.69) is 29.0 Å². The van der Waals surface area contributed by atoms with E-state index in [0.717, 1.165) is 63.5 Å². The van der Waals surface area contributed by atoms with Crippen molar-refractivity contribution >= 4 is 12.5 Å². The van der Waals surface area contributed by atoms with Gasteiger partial charge in [-0.3, -0.25) is 14.7 Å². The fourth-order valence-electron chi connectivity index (χ4n) is 4.68. The van der Waals surface area contributed by atoms with E-state index in [-0.39, 0.29) is 0 Å². The van der Waals surface area contributed by atoms with Crippen molar-refractivity contribution in [3.63, 3.8) is 0 Å². The summed E-state index contributed by atoms with van der Waals surface area (Å²) in [4.78, 5) is 21.5. The highest BCUT2D eigenvalue weighted by molar-refractivity contribution is 5.84. The lowest BCUT2D eigenvalue weighted by Gasteiger charge is -2.32. The molecule has 0 radical (unpaired) electrons. The van der Waals surface area contributed by atoms with E-state index in [1.54, 1.807) is 14.2 Å². The number of nitrogens with zero attached hydrogens (tertiary/aromatic N) is 3. The molecule has 3 aromatic rings. The molecule has 0 aliphatic heterocycles. The van der Waals surface area contributed by atoms with E-state index < -0.39 is 5.54 Å². The molecule has 0 saturated carbocycles. The van der Waals surface area contributed by atoms with Crippen molar-refractivity contribution in [2.75, 3.05) is 34.9 Å². The quantitative estimate of drug-likeness (QED) is 0.225. The summed E-state index contributed by atoms with van der Waals surface area (Å²) >= 11 is 0. The summed E-state index contributed by atoms with van der Waals surface area (Å²) in [6, 6.07) is 14.2. The van der Waals surface area contributed by atoms with Crippen LogP contribution in [0.4, 0.5) is 0 Å². The van der Waals surface area contributed by atoms with Crippen molar-refractivity contribution in [3.05, 3.63) is 76.1 Å². The fourth-order valence-corrected chi connectivity index (χ4v) is 4.68. The van der Waals surface area contributed by atoms with Crippen LogP contribution in [0.15, 0.2) is 42.5 Å². The highest BCUT2D eigenvalue weighted by atomic mass is 16.5. The third-order valence-corrected chi connectivity index (χ3v) is 7.35. The van der Waals surface area contributed by atoms with Gasteiger partial charge < -0.3 is 19.8 Å². The predicted octanol–water partition coefficient (Wildman–Crippen LogP) is 5.73. The number of aryl methyl sites for hydroxylation is 2. The molecule has 39 heavy (non-hydrogen) atoms. The van der Waals surface area contributed by atoms with Gasteiger partial charge in [-0.15, -0.1) is 0 Å². The number of carbonyl (C=O) groups excluding carboxylic acids is 1. The third kappa shape index (κ3) is 7.52. The number of benzene rings is 2. The number of aldehydes is 1. The van der Waals surface area contributed by atoms with Gasteiger partial charge in [0.15, 0.2) is 0 Å². The molecular formula is C32H42N4O3. The van der Waals surface area contributed by atoms with Crippen LogP contribution >= 0.6 is 0 Å². The van der Waals surface area contributed by atoms with Gasteiger partial charge >= 0.3 is 0 Å². The van der Waals surface area contributed by atoms with Crippen molar-refractivity contribution in [2.45, 2.75) is 52.7 Å². The number of ether oxygens (including phenoxy) is 2. The van der Waals surface area contributed by atoms with Crippen LogP contribution in [0, 0.1) is 19.3 Å². The van der Waals surface area contributed by atoms with Gasteiger partial charge in [-0.25, -0.2) is 0 Å². The second-order valence-electron chi connectivity index (χ2n) is 10.8. The Kier molecular flexibility index (Phi) is 10.0. The molecule has 0 spiro atoms. The Morgan fingerprint density at radius 2 is 1.56 bits per heavy atom. The first-order valence-electron chi connectivity index (χ1n) is 13.2.